The Labute approximate surface area is 241 Å². The van der Waals surface area contributed by atoms with Gasteiger partial charge in [0.05, 0.1) is 5.56 Å². The van der Waals surface area contributed by atoms with Crippen molar-refractivity contribution in [2.75, 3.05) is 49.5 Å². The van der Waals surface area contributed by atoms with E-state index in [2.05, 4.69) is 31.9 Å². The third-order valence-corrected chi connectivity index (χ3v) is 8.83. The van der Waals surface area contributed by atoms with Gasteiger partial charge in [-0.25, -0.2) is 0 Å². The fraction of sp³-hybridized carbons (Fsp3) is 0.548. The summed E-state index contributed by atoms with van der Waals surface area (Å²) < 4.78 is 0. The number of rotatable bonds is 8. The van der Waals surface area contributed by atoms with E-state index in [-0.39, 0.29) is 29.8 Å². The van der Waals surface area contributed by atoms with E-state index >= 15 is 0 Å². The third kappa shape index (κ3) is 6.64. The molecule has 0 atom stereocenters. The summed E-state index contributed by atoms with van der Waals surface area (Å²) in [6, 6.07) is 6.11. The van der Waals surface area contributed by atoms with Crippen molar-refractivity contribution < 1.29 is 9.59 Å². The molecular weight excluding hydrogens is 518 g/mol. The highest BCUT2D eigenvalue weighted by molar-refractivity contribution is 6.06. The van der Waals surface area contributed by atoms with Crippen molar-refractivity contribution in [1.29, 1.82) is 5.41 Å². The van der Waals surface area contributed by atoms with Crippen LogP contribution in [0.5, 0.6) is 0 Å². The molecular formula is C31H43N7O3. The van der Waals surface area contributed by atoms with Gasteiger partial charge in [-0.15, -0.1) is 0 Å². The molecule has 3 aliphatic rings. The first-order valence-corrected chi connectivity index (χ1v) is 15.0. The van der Waals surface area contributed by atoms with Crippen molar-refractivity contribution in [3.63, 3.8) is 0 Å². The quantitative estimate of drug-likeness (QED) is 0.315. The summed E-state index contributed by atoms with van der Waals surface area (Å²) in [6.07, 6.45) is 7.51. The Bertz CT molecular complexity index is 1330. The highest BCUT2D eigenvalue weighted by Gasteiger charge is 2.29. The van der Waals surface area contributed by atoms with Gasteiger partial charge in [0.25, 0.3) is 11.5 Å². The minimum Gasteiger partial charge on any atom is -0.382 e. The number of aryl methyl sites for hydroxylation is 2. The van der Waals surface area contributed by atoms with Crippen molar-refractivity contribution in [3.8, 4) is 0 Å². The standard InChI is InChI=1S/C31H43N7O3/c1-20-15-21(2)35-30(40)27(20)19-34-29(39)25-16-24(17-28(26(25)18-32)36-23-5-3-4-6-23)37-11-13-38(14-12-37)31(41)22-7-9-33-10-8-22/h15-18,22-23,32-33,36H,3-14,19H2,1-2H3,(H,34,39)(H,35,40). The molecule has 5 N–H and O–H groups in total. The Morgan fingerprint density at radius 1 is 1.02 bits per heavy atom. The summed E-state index contributed by atoms with van der Waals surface area (Å²) in [4.78, 5) is 46.2. The zero-order valence-electron chi connectivity index (χ0n) is 24.3. The molecule has 2 amide bonds. The molecule has 220 valence electrons. The van der Waals surface area contributed by atoms with Gasteiger partial charge in [-0.3, -0.25) is 14.4 Å². The van der Waals surface area contributed by atoms with Crippen LogP contribution in [0.3, 0.4) is 0 Å². The van der Waals surface area contributed by atoms with Crippen LogP contribution in [0.2, 0.25) is 0 Å². The van der Waals surface area contributed by atoms with Crippen LogP contribution in [0.25, 0.3) is 0 Å². The van der Waals surface area contributed by atoms with E-state index in [1.807, 2.05) is 30.9 Å². The van der Waals surface area contributed by atoms with Crippen LogP contribution in [0.4, 0.5) is 11.4 Å². The number of piperidine rings is 1. The van der Waals surface area contributed by atoms with Gasteiger partial charge in [0, 0.05) is 79.1 Å². The third-order valence-electron chi connectivity index (χ3n) is 8.83. The lowest BCUT2D eigenvalue weighted by atomic mass is 9.96. The molecule has 1 aliphatic carbocycles. The number of aromatic amines is 1. The molecule has 10 nitrogen and oxygen atoms in total. The van der Waals surface area contributed by atoms with Crippen molar-refractivity contribution in [2.45, 2.75) is 65.0 Å². The van der Waals surface area contributed by atoms with Crippen molar-refractivity contribution in [2.24, 2.45) is 5.92 Å². The fourth-order valence-electron chi connectivity index (χ4n) is 6.45. The SMILES string of the molecule is Cc1cc(C)c(CNC(=O)c2cc(N3CCN(C(=O)C4CCNCC4)CC3)cc(NC3CCCC3)c2C=N)c(=O)[nH]1. The van der Waals surface area contributed by atoms with Crippen LogP contribution in [-0.4, -0.2) is 73.2 Å². The number of carbonyl (C=O) groups is 2. The monoisotopic (exact) mass is 561 g/mol. The van der Waals surface area contributed by atoms with Crippen LogP contribution in [0, 0.1) is 25.2 Å². The van der Waals surface area contributed by atoms with Crippen LogP contribution in [0.15, 0.2) is 23.0 Å². The number of anilines is 2. The average molecular weight is 562 g/mol. The summed E-state index contributed by atoms with van der Waals surface area (Å²) in [5.74, 6) is 0.0471. The number of carbonyl (C=O) groups excluding carboxylic acids is 2. The lowest BCUT2D eigenvalue weighted by molar-refractivity contribution is -0.136. The van der Waals surface area contributed by atoms with Crippen LogP contribution in [-0.2, 0) is 11.3 Å². The summed E-state index contributed by atoms with van der Waals surface area (Å²) >= 11 is 0. The normalized spacial score (nSPS) is 18.4. The molecule has 1 aromatic carbocycles. The number of amides is 2. The van der Waals surface area contributed by atoms with Gasteiger partial charge in [-0.1, -0.05) is 12.8 Å². The second kappa shape index (κ2) is 12.9. The molecule has 1 aromatic heterocycles. The molecule has 2 aliphatic heterocycles. The number of pyridine rings is 1. The minimum absolute atomic E-state index is 0.102. The van der Waals surface area contributed by atoms with E-state index in [9.17, 15) is 14.4 Å². The number of aromatic nitrogens is 1. The Kier molecular flexibility index (Phi) is 9.07. The van der Waals surface area contributed by atoms with E-state index in [0.29, 0.717) is 48.9 Å². The van der Waals surface area contributed by atoms with Crippen LogP contribution in [0.1, 0.15) is 71.3 Å². The molecule has 5 rings (SSSR count). The lowest BCUT2D eigenvalue weighted by Crippen LogP contribution is -2.51. The average Bonchev–Trinajstić information content (AvgIpc) is 3.49. The van der Waals surface area contributed by atoms with E-state index in [1.165, 1.54) is 19.1 Å². The predicted molar refractivity (Wildman–Crippen MR) is 162 cm³/mol. The van der Waals surface area contributed by atoms with Crippen molar-refractivity contribution >= 4 is 29.4 Å². The van der Waals surface area contributed by atoms with Crippen LogP contribution >= 0.6 is 0 Å². The number of piperazine rings is 1. The molecule has 3 fully saturated rings. The Hall–Kier alpha value is -3.66. The Balaban J connectivity index is 1.37. The molecule has 1 saturated carbocycles. The maximum atomic E-state index is 13.6. The van der Waals surface area contributed by atoms with Gasteiger partial charge in [0.1, 0.15) is 0 Å². The molecule has 0 radical (unpaired) electrons. The first kappa shape index (κ1) is 28.9. The molecule has 0 unspecified atom stereocenters. The van der Waals surface area contributed by atoms with Gasteiger partial charge in [0.15, 0.2) is 0 Å². The molecule has 0 bridgehead atoms. The van der Waals surface area contributed by atoms with E-state index < -0.39 is 0 Å². The zero-order chi connectivity index (χ0) is 28.9. The molecule has 2 aromatic rings. The highest BCUT2D eigenvalue weighted by Crippen LogP contribution is 2.31. The van der Waals surface area contributed by atoms with Gasteiger partial charge in [-0.05, 0) is 76.4 Å². The summed E-state index contributed by atoms with van der Waals surface area (Å²) in [7, 11) is 0. The van der Waals surface area contributed by atoms with Gasteiger partial charge < -0.3 is 36.1 Å². The van der Waals surface area contributed by atoms with Crippen molar-refractivity contribution in [3.05, 3.63) is 56.5 Å². The largest absolute Gasteiger partial charge is 0.382 e. The van der Waals surface area contributed by atoms with Crippen molar-refractivity contribution in [1.82, 2.24) is 20.5 Å². The Morgan fingerprint density at radius 3 is 2.39 bits per heavy atom. The number of nitrogens with zero attached hydrogens (tertiary/aromatic N) is 2. The zero-order valence-corrected chi connectivity index (χ0v) is 24.3. The highest BCUT2D eigenvalue weighted by atomic mass is 16.2. The Morgan fingerprint density at radius 2 is 1.73 bits per heavy atom. The van der Waals surface area contributed by atoms with E-state index in [4.69, 9.17) is 5.41 Å². The number of nitrogens with one attached hydrogen (secondary N) is 5. The maximum absolute atomic E-state index is 13.6. The topological polar surface area (TPSA) is 133 Å². The first-order chi connectivity index (χ1) is 19.8. The van der Waals surface area contributed by atoms with E-state index in [0.717, 1.165) is 61.4 Å². The lowest BCUT2D eigenvalue weighted by Gasteiger charge is -2.38. The second-order valence-electron chi connectivity index (χ2n) is 11.7. The molecule has 3 heterocycles. The fourth-order valence-corrected chi connectivity index (χ4v) is 6.45. The smallest absolute Gasteiger partial charge is 0.253 e. The van der Waals surface area contributed by atoms with Crippen LogP contribution < -0.4 is 26.4 Å². The first-order valence-electron chi connectivity index (χ1n) is 15.0. The number of H-pyrrole nitrogens is 1. The predicted octanol–water partition coefficient (Wildman–Crippen LogP) is 2.92. The van der Waals surface area contributed by atoms with Gasteiger partial charge in [-0.2, -0.15) is 0 Å². The molecule has 10 heteroatoms. The number of hydrogen-bond donors (Lipinski definition) is 5. The second-order valence-corrected chi connectivity index (χ2v) is 11.7. The van der Waals surface area contributed by atoms with Gasteiger partial charge in [0.2, 0.25) is 5.91 Å². The maximum Gasteiger partial charge on any atom is 0.253 e. The number of benzene rings is 1. The molecule has 41 heavy (non-hydrogen) atoms. The summed E-state index contributed by atoms with van der Waals surface area (Å²) in [6.45, 7) is 8.27. The summed E-state index contributed by atoms with van der Waals surface area (Å²) in [5.41, 5.74) is 4.57. The molecule has 0 spiro atoms. The van der Waals surface area contributed by atoms with Gasteiger partial charge >= 0.3 is 0 Å². The number of hydrogen-bond acceptors (Lipinski definition) is 7. The minimum atomic E-state index is -0.320. The molecule has 2 saturated heterocycles. The van der Waals surface area contributed by atoms with E-state index in [1.54, 1.807) is 0 Å². The summed E-state index contributed by atoms with van der Waals surface area (Å²) in [5, 5.41) is 18.1.